The Kier molecular flexibility index (Phi) is 2.31. The summed E-state index contributed by atoms with van der Waals surface area (Å²) in [5.74, 6) is 0.112. The molecule has 0 unspecified atom stereocenters. The van der Waals surface area contributed by atoms with E-state index in [4.69, 9.17) is 0 Å². The van der Waals surface area contributed by atoms with E-state index in [0.29, 0.717) is 12.1 Å². The molecule has 1 N–H and O–H groups in total. The summed E-state index contributed by atoms with van der Waals surface area (Å²) in [6.07, 6.45) is 4.93. The third-order valence-corrected chi connectivity index (χ3v) is 2.21. The van der Waals surface area contributed by atoms with Gasteiger partial charge in [0, 0.05) is 24.2 Å². The summed E-state index contributed by atoms with van der Waals surface area (Å²) in [5.41, 5.74) is 1.42. The first-order chi connectivity index (χ1) is 6.83. The van der Waals surface area contributed by atoms with E-state index in [-0.39, 0.29) is 5.78 Å². The van der Waals surface area contributed by atoms with Gasteiger partial charge < -0.3 is 4.98 Å². The summed E-state index contributed by atoms with van der Waals surface area (Å²) < 4.78 is 0. The van der Waals surface area contributed by atoms with E-state index in [0.717, 1.165) is 17.3 Å². The Morgan fingerprint density at radius 2 is 2.36 bits per heavy atom. The Hall–Kier alpha value is -1.64. The highest BCUT2D eigenvalue weighted by Gasteiger charge is 2.10. The zero-order chi connectivity index (χ0) is 9.97. The van der Waals surface area contributed by atoms with E-state index in [1.807, 2.05) is 25.3 Å². The number of aromatic amines is 1. The molecule has 14 heavy (non-hydrogen) atoms. The van der Waals surface area contributed by atoms with Crippen molar-refractivity contribution in [2.45, 2.75) is 19.8 Å². The normalized spacial score (nSPS) is 10.6. The first-order valence-corrected chi connectivity index (χ1v) is 4.78. The van der Waals surface area contributed by atoms with Crippen molar-refractivity contribution in [1.82, 2.24) is 9.97 Å². The molecule has 0 aromatic carbocycles. The molecule has 0 radical (unpaired) electrons. The van der Waals surface area contributed by atoms with Gasteiger partial charge in [0.1, 0.15) is 5.69 Å². The molecule has 0 saturated carbocycles. The minimum absolute atomic E-state index is 0.112. The zero-order valence-corrected chi connectivity index (χ0v) is 8.08. The number of nitrogens with one attached hydrogen (secondary N) is 1. The van der Waals surface area contributed by atoms with Crippen molar-refractivity contribution in [1.29, 1.82) is 0 Å². The van der Waals surface area contributed by atoms with Crippen LogP contribution < -0.4 is 0 Å². The van der Waals surface area contributed by atoms with Crippen molar-refractivity contribution < 1.29 is 4.79 Å². The first kappa shape index (κ1) is 8.94. The average molecular weight is 188 g/mol. The summed E-state index contributed by atoms with van der Waals surface area (Å²) >= 11 is 0. The van der Waals surface area contributed by atoms with Gasteiger partial charge in [-0.05, 0) is 18.6 Å². The lowest BCUT2D eigenvalue weighted by Gasteiger charge is -1.99. The number of ketones is 1. The van der Waals surface area contributed by atoms with Crippen molar-refractivity contribution in [3.05, 3.63) is 30.2 Å². The predicted molar refractivity (Wildman–Crippen MR) is 55.3 cm³/mol. The van der Waals surface area contributed by atoms with Gasteiger partial charge in [0.05, 0.1) is 5.52 Å². The fraction of sp³-hybridized carbons (Fsp3) is 0.273. The second kappa shape index (κ2) is 3.62. The number of nitrogens with zero attached hydrogens (tertiary/aromatic N) is 1. The molecule has 2 aromatic heterocycles. The number of carbonyl (C=O) groups excluding carboxylic acids is 1. The van der Waals surface area contributed by atoms with Gasteiger partial charge >= 0.3 is 0 Å². The number of hydrogen-bond donors (Lipinski definition) is 1. The van der Waals surface area contributed by atoms with Crippen LogP contribution in [0, 0.1) is 0 Å². The van der Waals surface area contributed by atoms with E-state index in [2.05, 4.69) is 9.97 Å². The summed E-state index contributed by atoms with van der Waals surface area (Å²) in [5, 5.41) is 1.04. The standard InChI is InChI=1S/C11H12N2O/c1-2-3-9(14)11-10-8(4-6-12-10)5-7-13-11/h4-7,12H,2-3H2,1H3. The molecule has 72 valence electrons. The van der Waals surface area contributed by atoms with Crippen LogP contribution in [0.5, 0.6) is 0 Å². The van der Waals surface area contributed by atoms with Crippen molar-refractivity contribution in [2.75, 3.05) is 0 Å². The van der Waals surface area contributed by atoms with Crippen LogP contribution >= 0.6 is 0 Å². The number of hydrogen-bond acceptors (Lipinski definition) is 2. The van der Waals surface area contributed by atoms with Crippen molar-refractivity contribution >= 4 is 16.7 Å². The average Bonchev–Trinajstić information content (AvgIpc) is 2.65. The molecule has 2 rings (SSSR count). The number of rotatable bonds is 3. The van der Waals surface area contributed by atoms with Crippen LogP contribution in [0.25, 0.3) is 10.9 Å². The quantitative estimate of drug-likeness (QED) is 0.752. The fourth-order valence-electron chi connectivity index (χ4n) is 1.54. The first-order valence-electron chi connectivity index (χ1n) is 4.78. The molecule has 0 aliphatic heterocycles. The highest BCUT2D eigenvalue weighted by Crippen LogP contribution is 2.16. The Balaban J connectivity index is 2.50. The summed E-state index contributed by atoms with van der Waals surface area (Å²) in [6.45, 7) is 1.99. The van der Waals surface area contributed by atoms with Gasteiger partial charge in [-0.1, -0.05) is 6.92 Å². The number of Topliss-reactive ketones (excluding diaryl/α,β-unsaturated/α-hetero) is 1. The maximum Gasteiger partial charge on any atom is 0.183 e. The van der Waals surface area contributed by atoms with Gasteiger partial charge in [0.25, 0.3) is 0 Å². The molecule has 0 saturated heterocycles. The summed E-state index contributed by atoms with van der Waals surface area (Å²) in [7, 11) is 0. The van der Waals surface area contributed by atoms with Gasteiger partial charge in [0.15, 0.2) is 5.78 Å². The molecule has 0 amide bonds. The van der Waals surface area contributed by atoms with Gasteiger partial charge in [0.2, 0.25) is 0 Å². The Morgan fingerprint density at radius 3 is 3.14 bits per heavy atom. The molecule has 3 heteroatoms. The fourth-order valence-corrected chi connectivity index (χ4v) is 1.54. The lowest BCUT2D eigenvalue weighted by atomic mass is 10.1. The second-order valence-corrected chi connectivity index (χ2v) is 3.27. The second-order valence-electron chi connectivity index (χ2n) is 3.27. The molecule has 0 aliphatic rings. The summed E-state index contributed by atoms with van der Waals surface area (Å²) in [6, 6.07) is 3.84. The van der Waals surface area contributed by atoms with Gasteiger partial charge in [-0.25, -0.2) is 0 Å². The Morgan fingerprint density at radius 1 is 1.50 bits per heavy atom. The molecule has 0 atom stereocenters. The maximum absolute atomic E-state index is 11.7. The zero-order valence-electron chi connectivity index (χ0n) is 8.08. The van der Waals surface area contributed by atoms with Crippen LogP contribution in [0.4, 0.5) is 0 Å². The highest BCUT2D eigenvalue weighted by molar-refractivity contribution is 6.04. The molecular formula is C11H12N2O. The van der Waals surface area contributed by atoms with E-state index >= 15 is 0 Å². The number of pyridine rings is 1. The van der Waals surface area contributed by atoms with E-state index in [1.54, 1.807) is 6.20 Å². The molecule has 0 bridgehead atoms. The van der Waals surface area contributed by atoms with Crippen LogP contribution in [0.15, 0.2) is 24.5 Å². The molecule has 2 heterocycles. The molecule has 3 nitrogen and oxygen atoms in total. The molecule has 2 aromatic rings. The van der Waals surface area contributed by atoms with E-state index in [1.165, 1.54) is 0 Å². The number of carbonyl (C=O) groups is 1. The topological polar surface area (TPSA) is 45.8 Å². The lowest BCUT2D eigenvalue weighted by molar-refractivity contribution is 0.0978. The van der Waals surface area contributed by atoms with E-state index in [9.17, 15) is 4.79 Å². The SMILES string of the molecule is CCCC(=O)c1nccc2cc[nH]c12. The Bertz CT molecular complexity index is 459. The number of H-pyrrole nitrogens is 1. The van der Waals surface area contributed by atoms with Crippen LogP contribution in [0.2, 0.25) is 0 Å². The van der Waals surface area contributed by atoms with Gasteiger partial charge in [-0.2, -0.15) is 0 Å². The van der Waals surface area contributed by atoms with Crippen LogP contribution in [0.3, 0.4) is 0 Å². The number of aromatic nitrogens is 2. The largest absolute Gasteiger partial charge is 0.359 e. The van der Waals surface area contributed by atoms with Gasteiger partial charge in [-0.15, -0.1) is 0 Å². The third-order valence-electron chi connectivity index (χ3n) is 2.21. The third kappa shape index (κ3) is 1.41. The van der Waals surface area contributed by atoms with Crippen LogP contribution in [-0.2, 0) is 0 Å². The van der Waals surface area contributed by atoms with Crippen molar-refractivity contribution in [3.63, 3.8) is 0 Å². The van der Waals surface area contributed by atoms with Crippen LogP contribution in [0.1, 0.15) is 30.3 Å². The predicted octanol–water partition coefficient (Wildman–Crippen LogP) is 2.55. The Labute approximate surface area is 82.2 Å². The van der Waals surface area contributed by atoms with E-state index < -0.39 is 0 Å². The molecule has 0 spiro atoms. The lowest BCUT2D eigenvalue weighted by Crippen LogP contribution is -2.02. The molecule has 0 fully saturated rings. The van der Waals surface area contributed by atoms with Crippen molar-refractivity contribution in [3.8, 4) is 0 Å². The molecular weight excluding hydrogens is 176 g/mol. The van der Waals surface area contributed by atoms with Crippen molar-refractivity contribution in [2.24, 2.45) is 0 Å². The minimum Gasteiger partial charge on any atom is -0.359 e. The number of fused-ring (bicyclic) bond motifs is 1. The monoisotopic (exact) mass is 188 g/mol. The maximum atomic E-state index is 11.7. The van der Waals surface area contributed by atoms with Crippen LogP contribution in [-0.4, -0.2) is 15.8 Å². The summed E-state index contributed by atoms with van der Waals surface area (Å²) in [4.78, 5) is 18.8. The smallest absolute Gasteiger partial charge is 0.183 e. The highest BCUT2D eigenvalue weighted by atomic mass is 16.1. The minimum atomic E-state index is 0.112. The molecule has 0 aliphatic carbocycles. The van der Waals surface area contributed by atoms with Gasteiger partial charge in [-0.3, -0.25) is 9.78 Å².